The summed E-state index contributed by atoms with van der Waals surface area (Å²) in [4.78, 5) is 11.5. The van der Waals surface area contributed by atoms with Gasteiger partial charge in [0.2, 0.25) is 0 Å². The molecule has 90 valence electrons. The van der Waals surface area contributed by atoms with Crippen LogP contribution in [0, 0.1) is 0 Å². The monoisotopic (exact) mass is 232 g/mol. The number of hydrogen-bond donors (Lipinski definition) is 1. The summed E-state index contributed by atoms with van der Waals surface area (Å²) >= 11 is 0. The highest BCUT2D eigenvalue weighted by Gasteiger charge is 2.18. The standard InChI is InChI=1S/C14H16O3/c1-3-4-10-17-14(16)11(2)13(15)12-8-6-5-7-9-12/h3,5-9,13,15H,1-2,4,10H2. The smallest absolute Gasteiger partial charge is 0.336 e. The first-order valence-corrected chi connectivity index (χ1v) is 5.36. The third-order valence-corrected chi connectivity index (χ3v) is 2.26. The number of esters is 1. The fraction of sp³-hybridized carbons (Fsp3) is 0.214. The lowest BCUT2D eigenvalue weighted by atomic mass is 10.0. The van der Waals surface area contributed by atoms with Crippen LogP contribution in [-0.2, 0) is 9.53 Å². The average molecular weight is 232 g/mol. The van der Waals surface area contributed by atoms with E-state index in [1.165, 1.54) is 0 Å². The molecular weight excluding hydrogens is 216 g/mol. The fourth-order valence-electron chi connectivity index (χ4n) is 1.28. The van der Waals surface area contributed by atoms with E-state index in [1.807, 2.05) is 6.07 Å². The normalized spacial score (nSPS) is 11.6. The van der Waals surface area contributed by atoms with Gasteiger partial charge >= 0.3 is 5.97 Å². The van der Waals surface area contributed by atoms with Crippen LogP contribution < -0.4 is 0 Å². The molecule has 0 aliphatic carbocycles. The number of aliphatic hydroxyl groups is 1. The molecule has 1 aromatic carbocycles. The lowest BCUT2D eigenvalue weighted by molar-refractivity contribution is -0.140. The second-order valence-corrected chi connectivity index (χ2v) is 3.55. The molecule has 0 amide bonds. The van der Waals surface area contributed by atoms with Gasteiger partial charge in [-0.3, -0.25) is 0 Å². The molecule has 0 bridgehead atoms. The molecule has 1 unspecified atom stereocenters. The van der Waals surface area contributed by atoms with Crippen LogP contribution in [0.25, 0.3) is 0 Å². The van der Waals surface area contributed by atoms with Gasteiger partial charge in [-0.05, 0) is 12.0 Å². The van der Waals surface area contributed by atoms with Crippen molar-refractivity contribution in [2.45, 2.75) is 12.5 Å². The second kappa shape index (κ2) is 6.66. The van der Waals surface area contributed by atoms with Crippen LogP contribution in [-0.4, -0.2) is 17.7 Å². The topological polar surface area (TPSA) is 46.5 Å². The third kappa shape index (κ3) is 3.89. The van der Waals surface area contributed by atoms with E-state index in [9.17, 15) is 9.90 Å². The van der Waals surface area contributed by atoms with E-state index >= 15 is 0 Å². The van der Waals surface area contributed by atoms with Gasteiger partial charge in [0, 0.05) is 0 Å². The first-order chi connectivity index (χ1) is 8.16. The summed E-state index contributed by atoms with van der Waals surface area (Å²) in [5, 5.41) is 9.90. The molecule has 0 heterocycles. The summed E-state index contributed by atoms with van der Waals surface area (Å²) in [6, 6.07) is 8.87. The molecule has 0 saturated heterocycles. The molecule has 1 N–H and O–H groups in total. The number of ether oxygens (including phenoxy) is 1. The van der Waals surface area contributed by atoms with E-state index in [1.54, 1.807) is 30.3 Å². The number of rotatable bonds is 6. The van der Waals surface area contributed by atoms with Gasteiger partial charge in [0.15, 0.2) is 0 Å². The zero-order valence-electron chi connectivity index (χ0n) is 9.63. The molecule has 0 aromatic heterocycles. The van der Waals surface area contributed by atoms with Gasteiger partial charge in [-0.25, -0.2) is 4.79 Å². The fourth-order valence-corrected chi connectivity index (χ4v) is 1.28. The van der Waals surface area contributed by atoms with Crippen LogP contribution in [0.1, 0.15) is 18.1 Å². The lowest BCUT2D eigenvalue weighted by Crippen LogP contribution is -2.14. The predicted octanol–water partition coefficient (Wildman–Crippen LogP) is 2.40. The Morgan fingerprint density at radius 1 is 1.41 bits per heavy atom. The SMILES string of the molecule is C=CCCOC(=O)C(=C)C(O)c1ccccc1. The molecule has 1 aromatic rings. The Bertz CT molecular complexity index is 395. The van der Waals surface area contributed by atoms with Gasteiger partial charge in [0.25, 0.3) is 0 Å². The number of carbonyl (C=O) groups is 1. The van der Waals surface area contributed by atoms with Crippen LogP contribution in [0.5, 0.6) is 0 Å². The summed E-state index contributed by atoms with van der Waals surface area (Å²) < 4.78 is 4.92. The summed E-state index contributed by atoms with van der Waals surface area (Å²) in [6.07, 6.45) is 1.22. The van der Waals surface area contributed by atoms with Crippen molar-refractivity contribution in [2.75, 3.05) is 6.61 Å². The highest BCUT2D eigenvalue weighted by Crippen LogP contribution is 2.20. The van der Waals surface area contributed by atoms with E-state index in [0.29, 0.717) is 12.0 Å². The van der Waals surface area contributed by atoms with E-state index in [4.69, 9.17) is 4.74 Å². The van der Waals surface area contributed by atoms with Crippen molar-refractivity contribution >= 4 is 5.97 Å². The molecule has 1 rings (SSSR count). The molecule has 0 aliphatic rings. The van der Waals surface area contributed by atoms with Gasteiger partial charge in [-0.1, -0.05) is 43.0 Å². The molecule has 0 spiro atoms. The van der Waals surface area contributed by atoms with Crippen LogP contribution in [0.15, 0.2) is 55.1 Å². The van der Waals surface area contributed by atoms with Crippen LogP contribution >= 0.6 is 0 Å². The molecule has 0 saturated carbocycles. The maximum Gasteiger partial charge on any atom is 0.336 e. The number of hydrogen-bond acceptors (Lipinski definition) is 3. The molecule has 0 radical (unpaired) electrons. The van der Waals surface area contributed by atoms with Gasteiger partial charge in [0.05, 0.1) is 12.2 Å². The minimum Gasteiger partial charge on any atom is -0.462 e. The first kappa shape index (κ1) is 13.2. The molecule has 0 aliphatic heterocycles. The Morgan fingerprint density at radius 3 is 2.65 bits per heavy atom. The lowest BCUT2D eigenvalue weighted by Gasteiger charge is -2.13. The van der Waals surface area contributed by atoms with Crippen molar-refractivity contribution in [3.8, 4) is 0 Å². The quantitative estimate of drug-likeness (QED) is 0.354. The maximum atomic E-state index is 11.5. The van der Waals surface area contributed by atoms with Gasteiger partial charge in [-0.2, -0.15) is 0 Å². The summed E-state index contributed by atoms with van der Waals surface area (Å²) in [7, 11) is 0. The highest BCUT2D eigenvalue weighted by molar-refractivity contribution is 5.89. The van der Waals surface area contributed by atoms with Gasteiger partial charge < -0.3 is 9.84 Å². The van der Waals surface area contributed by atoms with Crippen LogP contribution in [0.4, 0.5) is 0 Å². The molecule has 0 fully saturated rings. The zero-order chi connectivity index (χ0) is 12.7. The van der Waals surface area contributed by atoms with Crippen molar-refractivity contribution in [2.24, 2.45) is 0 Å². The number of carbonyl (C=O) groups excluding carboxylic acids is 1. The van der Waals surface area contributed by atoms with E-state index < -0.39 is 12.1 Å². The average Bonchev–Trinajstić information content (AvgIpc) is 2.38. The Kier molecular flexibility index (Phi) is 5.17. The largest absolute Gasteiger partial charge is 0.462 e. The molecule has 3 heteroatoms. The Hall–Kier alpha value is -1.87. The van der Waals surface area contributed by atoms with E-state index in [2.05, 4.69) is 13.2 Å². The summed E-state index contributed by atoms with van der Waals surface area (Å²) in [5.41, 5.74) is 0.665. The van der Waals surface area contributed by atoms with Crippen LogP contribution in [0.2, 0.25) is 0 Å². The second-order valence-electron chi connectivity index (χ2n) is 3.55. The Balaban J connectivity index is 2.58. The minimum absolute atomic E-state index is 0.0419. The van der Waals surface area contributed by atoms with Crippen molar-refractivity contribution in [1.82, 2.24) is 0 Å². The van der Waals surface area contributed by atoms with Crippen molar-refractivity contribution < 1.29 is 14.6 Å². The first-order valence-electron chi connectivity index (χ1n) is 5.36. The number of benzene rings is 1. The van der Waals surface area contributed by atoms with E-state index in [-0.39, 0.29) is 12.2 Å². The maximum absolute atomic E-state index is 11.5. The molecule has 3 nitrogen and oxygen atoms in total. The predicted molar refractivity (Wildman–Crippen MR) is 66.3 cm³/mol. The summed E-state index contributed by atoms with van der Waals surface area (Å²) in [6.45, 7) is 7.33. The summed E-state index contributed by atoms with van der Waals surface area (Å²) in [5.74, 6) is -0.580. The third-order valence-electron chi connectivity index (χ3n) is 2.26. The van der Waals surface area contributed by atoms with Crippen molar-refractivity contribution in [3.05, 3.63) is 60.7 Å². The van der Waals surface area contributed by atoms with Gasteiger partial charge in [-0.15, -0.1) is 6.58 Å². The molecule has 17 heavy (non-hydrogen) atoms. The number of aliphatic hydroxyl groups excluding tert-OH is 1. The van der Waals surface area contributed by atoms with E-state index in [0.717, 1.165) is 0 Å². The molecular formula is C14H16O3. The minimum atomic E-state index is -1.02. The highest BCUT2D eigenvalue weighted by atomic mass is 16.5. The van der Waals surface area contributed by atoms with Crippen molar-refractivity contribution in [3.63, 3.8) is 0 Å². The Morgan fingerprint density at radius 2 is 2.06 bits per heavy atom. The van der Waals surface area contributed by atoms with Crippen LogP contribution in [0.3, 0.4) is 0 Å². The Labute approximate surface area is 101 Å². The van der Waals surface area contributed by atoms with Crippen molar-refractivity contribution in [1.29, 1.82) is 0 Å². The molecule has 1 atom stereocenters. The van der Waals surface area contributed by atoms with Gasteiger partial charge in [0.1, 0.15) is 6.10 Å². The zero-order valence-corrected chi connectivity index (χ0v) is 9.63.